The lowest BCUT2D eigenvalue weighted by Gasteiger charge is -2.50. The normalized spacial score (nSPS) is 42.6. The molecule has 0 bridgehead atoms. The van der Waals surface area contributed by atoms with Crippen molar-refractivity contribution < 1.29 is 4.74 Å². The topological polar surface area (TPSA) is 38.5 Å². The molecule has 2 rings (SSSR count). The van der Waals surface area contributed by atoms with Crippen molar-refractivity contribution >= 4 is 0 Å². The van der Waals surface area contributed by atoms with E-state index in [9.17, 15) is 0 Å². The number of nitrogens with two attached hydrogens (primary N) is 1. The van der Waals surface area contributed by atoms with Crippen LogP contribution in [0.15, 0.2) is 0 Å². The Hall–Kier alpha value is -0.120. The highest BCUT2D eigenvalue weighted by atomic mass is 16.5. The first-order chi connectivity index (χ1) is 7.26. The highest BCUT2D eigenvalue weighted by Crippen LogP contribution is 2.34. The highest BCUT2D eigenvalue weighted by Gasteiger charge is 2.40. The van der Waals surface area contributed by atoms with Crippen molar-refractivity contribution in [2.75, 3.05) is 13.7 Å². The van der Waals surface area contributed by atoms with Gasteiger partial charge in [0.25, 0.3) is 0 Å². The fourth-order valence-corrected chi connectivity index (χ4v) is 3.18. The lowest BCUT2D eigenvalue weighted by atomic mass is 9.83. The number of ether oxygens (including phenoxy) is 1. The molecule has 0 radical (unpaired) electrons. The van der Waals surface area contributed by atoms with E-state index < -0.39 is 0 Å². The van der Waals surface area contributed by atoms with Gasteiger partial charge in [-0.25, -0.2) is 0 Å². The van der Waals surface area contributed by atoms with Crippen molar-refractivity contribution in [3.63, 3.8) is 0 Å². The number of rotatable bonds is 3. The Morgan fingerprint density at radius 1 is 1.33 bits per heavy atom. The molecule has 1 saturated heterocycles. The summed E-state index contributed by atoms with van der Waals surface area (Å²) < 4.78 is 5.35. The Bertz CT molecular complexity index is 204. The summed E-state index contributed by atoms with van der Waals surface area (Å²) in [5, 5.41) is 0. The van der Waals surface area contributed by atoms with Crippen molar-refractivity contribution in [3.05, 3.63) is 0 Å². The second-order valence-electron chi connectivity index (χ2n) is 5.10. The summed E-state index contributed by atoms with van der Waals surface area (Å²) in [7, 11) is 1.82. The summed E-state index contributed by atoms with van der Waals surface area (Å²) in [6.45, 7) is 3.17. The Labute approximate surface area is 93.0 Å². The minimum atomic E-state index is 0.502. The zero-order chi connectivity index (χ0) is 10.8. The van der Waals surface area contributed by atoms with Crippen molar-refractivity contribution in [1.29, 1.82) is 0 Å². The highest BCUT2D eigenvalue weighted by molar-refractivity contribution is 4.95. The van der Waals surface area contributed by atoms with Gasteiger partial charge in [-0.15, -0.1) is 0 Å². The summed E-state index contributed by atoms with van der Waals surface area (Å²) in [6.07, 6.45) is 6.89. The molecule has 2 N–H and O–H groups in total. The van der Waals surface area contributed by atoms with Crippen LogP contribution in [0.2, 0.25) is 0 Å². The molecule has 1 heterocycles. The molecule has 1 aliphatic heterocycles. The number of likely N-dealkylation sites (tertiary alicyclic amines) is 1. The maximum absolute atomic E-state index is 5.87. The van der Waals surface area contributed by atoms with Crippen LogP contribution in [0.5, 0.6) is 0 Å². The predicted molar refractivity (Wildman–Crippen MR) is 61.8 cm³/mol. The van der Waals surface area contributed by atoms with E-state index in [0.717, 1.165) is 18.6 Å². The lowest BCUT2D eigenvalue weighted by Crippen LogP contribution is -2.58. The molecule has 2 atom stereocenters. The molecule has 3 heteroatoms. The molecule has 3 nitrogen and oxygen atoms in total. The maximum Gasteiger partial charge on any atom is 0.0601 e. The van der Waals surface area contributed by atoms with Crippen LogP contribution in [0.4, 0.5) is 0 Å². The Morgan fingerprint density at radius 3 is 2.67 bits per heavy atom. The summed E-state index contributed by atoms with van der Waals surface area (Å²) >= 11 is 0. The maximum atomic E-state index is 5.87. The van der Waals surface area contributed by atoms with Gasteiger partial charge < -0.3 is 10.5 Å². The molecule has 0 aromatic rings. The van der Waals surface area contributed by atoms with Gasteiger partial charge in [-0.1, -0.05) is 6.42 Å². The molecule has 0 amide bonds. The fraction of sp³-hybridized carbons (Fsp3) is 1.00. The second-order valence-corrected chi connectivity index (χ2v) is 5.10. The van der Waals surface area contributed by atoms with Crippen LogP contribution in [-0.4, -0.2) is 42.8 Å². The minimum absolute atomic E-state index is 0.502. The minimum Gasteiger partial charge on any atom is -0.381 e. The largest absolute Gasteiger partial charge is 0.381 e. The van der Waals surface area contributed by atoms with Crippen LogP contribution < -0.4 is 5.73 Å². The molecule has 0 aromatic heterocycles. The van der Waals surface area contributed by atoms with E-state index in [2.05, 4.69) is 11.8 Å². The zero-order valence-corrected chi connectivity index (χ0v) is 9.98. The number of piperidine rings is 1. The summed E-state index contributed by atoms with van der Waals surface area (Å²) in [5.41, 5.74) is 5.87. The first-order valence-corrected chi connectivity index (χ1v) is 6.26. The van der Waals surface area contributed by atoms with Gasteiger partial charge in [0.2, 0.25) is 0 Å². The van der Waals surface area contributed by atoms with Crippen LogP contribution in [0.25, 0.3) is 0 Å². The van der Waals surface area contributed by atoms with Gasteiger partial charge in [0, 0.05) is 31.8 Å². The first kappa shape index (κ1) is 11.4. The van der Waals surface area contributed by atoms with Crippen molar-refractivity contribution in [3.8, 4) is 0 Å². The molecule has 1 aliphatic carbocycles. The Morgan fingerprint density at radius 2 is 2.07 bits per heavy atom. The molecule has 2 aliphatic rings. The van der Waals surface area contributed by atoms with E-state index in [-0.39, 0.29) is 0 Å². The number of hydrogen-bond donors (Lipinski definition) is 1. The van der Waals surface area contributed by atoms with Crippen molar-refractivity contribution in [2.24, 2.45) is 5.73 Å². The third kappa shape index (κ3) is 2.19. The quantitative estimate of drug-likeness (QED) is 0.768. The van der Waals surface area contributed by atoms with Gasteiger partial charge in [-0.05, 0) is 32.6 Å². The molecule has 2 fully saturated rings. The van der Waals surface area contributed by atoms with Crippen molar-refractivity contribution in [1.82, 2.24) is 4.90 Å². The average molecular weight is 212 g/mol. The second kappa shape index (κ2) is 4.81. The standard InChI is InChI=1S/C12H24N2O/c1-9-4-3-5-10(8-13)14(9)11-6-12(7-11)15-2/h9-12H,3-8,13H2,1-2H3. The van der Waals surface area contributed by atoms with Gasteiger partial charge in [-0.3, -0.25) is 4.90 Å². The van der Waals surface area contributed by atoms with E-state index in [1.165, 1.54) is 32.1 Å². The molecular weight excluding hydrogens is 188 g/mol. The summed E-state index contributed by atoms with van der Waals surface area (Å²) in [5.74, 6) is 0. The van der Waals surface area contributed by atoms with Crippen LogP contribution in [0, 0.1) is 0 Å². The van der Waals surface area contributed by atoms with E-state index in [4.69, 9.17) is 10.5 Å². The molecule has 15 heavy (non-hydrogen) atoms. The number of hydrogen-bond acceptors (Lipinski definition) is 3. The molecular formula is C12H24N2O. The van der Waals surface area contributed by atoms with E-state index in [0.29, 0.717) is 12.1 Å². The molecule has 88 valence electrons. The monoisotopic (exact) mass is 212 g/mol. The molecule has 0 aromatic carbocycles. The van der Waals surface area contributed by atoms with Gasteiger partial charge in [0.15, 0.2) is 0 Å². The summed E-state index contributed by atoms with van der Waals surface area (Å²) in [6, 6.07) is 2.07. The molecule has 2 unspecified atom stereocenters. The van der Waals surface area contributed by atoms with Gasteiger partial charge in [0.05, 0.1) is 6.10 Å². The van der Waals surface area contributed by atoms with E-state index >= 15 is 0 Å². The molecule has 1 saturated carbocycles. The zero-order valence-electron chi connectivity index (χ0n) is 9.98. The number of methoxy groups -OCH3 is 1. The SMILES string of the molecule is COC1CC(N2C(C)CCCC2CN)C1. The average Bonchev–Trinajstić information content (AvgIpc) is 2.18. The predicted octanol–water partition coefficient (Wildman–Crippen LogP) is 1.37. The van der Waals surface area contributed by atoms with Crippen molar-refractivity contribution in [2.45, 2.75) is 63.3 Å². The first-order valence-electron chi connectivity index (χ1n) is 6.26. The van der Waals surface area contributed by atoms with Crippen LogP contribution in [0.1, 0.15) is 39.0 Å². The fourth-order valence-electron chi connectivity index (χ4n) is 3.18. The smallest absolute Gasteiger partial charge is 0.0601 e. The third-order valence-corrected chi connectivity index (χ3v) is 4.19. The lowest BCUT2D eigenvalue weighted by molar-refractivity contribution is -0.0650. The van der Waals surface area contributed by atoms with Crippen LogP contribution >= 0.6 is 0 Å². The third-order valence-electron chi connectivity index (χ3n) is 4.19. The van der Waals surface area contributed by atoms with Gasteiger partial charge in [0.1, 0.15) is 0 Å². The van der Waals surface area contributed by atoms with E-state index in [1.54, 1.807) is 0 Å². The van der Waals surface area contributed by atoms with E-state index in [1.807, 2.05) is 7.11 Å². The van der Waals surface area contributed by atoms with Crippen LogP contribution in [0.3, 0.4) is 0 Å². The van der Waals surface area contributed by atoms with Crippen LogP contribution in [-0.2, 0) is 4.74 Å². The Kier molecular flexibility index (Phi) is 3.65. The Balaban J connectivity index is 1.92. The van der Waals surface area contributed by atoms with Gasteiger partial charge in [-0.2, -0.15) is 0 Å². The summed E-state index contributed by atoms with van der Waals surface area (Å²) in [4.78, 5) is 2.67. The van der Waals surface area contributed by atoms with Gasteiger partial charge >= 0.3 is 0 Å². The molecule has 0 spiro atoms. The number of nitrogens with zero attached hydrogens (tertiary/aromatic N) is 1.